The third-order valence-corrected chi connectivity index (χ3v) is 4.14. The van der Waals surface area contributed by atoms with Crippen LogP contribution in [0.1, 0.15) is 45.4 Å². The molecule has 1 unspecified atom stereocenters. The van der Waals surface area contributed by atoms with E-state index in [9.17, 15) is 4.79 Å². The van der Waals surface area contributed by atoms with Gasteiger partial charge in [-0.25, -0.2) is 0 Å². The lowest BCUT2D eigenvalue weighted by molar-refractivity contribution is -0.135. The second kappa shape index (κ2) is 5.36. The van der Waals surface area contributed by atoms with Gasteiger partial charge in [-0.2, -0.15) is 0 Å². The monoisotopic (exact) mass is 240 g/mol. The normalized spacial score (nSPS) is 24.8. The average molecular weight is 240 g/mol. The Kier molecular flexibility index (Phi) is 4.05. The van der Waals surface area contributed by atoms with Gasteiger partial charge in [-0.3, -0.25) is 10.1 Å². The first-order valence-corrected chi connectivity index (χ1v) is 6.78. The van der Waals surface area contributed by atoms with Gasteiger partial charge in [0.2, 0.25) is 5.91 Å². The van der Waals surface area contributed by atoms with Crippen molar-refractivity contribution >= 4 is 5.91 Å². The van der Waals surface area contributed by atoms with Crippen LogP contribution >= 0.6 is 0 Å². The summed E-state index contributed by atoms with van der Waals surface area (Å²) in [5.74, 6) is 0.311. The van der Waals surface area contributed by atoms with Gasteiger partial charge in [0, 0.05) is 7.11 Å². The summed E-state index contributed by atoms with van der Waals surface area (Å²) >= 11 is 0. The Balaban J connectivity index is 2.04. The molecule has 1 atom stereocenters. The molecule has 2 rings (SSSR count). The summed E-state index contributed by atoms with van der Waals surface area (Å²) < 4.78 is 5.25. The molecule has 0 aromatic carbocycles. The highest BCUT2D eigenvalue weighted by Gasteiger charge is 2.49. The van der Waals surface area contributed by atoms with Gasteiger partial charge in [-0.1, -0.05) is 26.2 Å². The van der Waals surface area contributed by atoms with Gasteiger partial charge in [-0.15, -0.1) is 0 Å². The van der Waals surface area contributed by atoms with Gasteiger partial charge in [-0.05, 0) is 19.3 Å². The number of carbonyl (C=O) groups excluding carboxylic acids is 1. The molecule has 1 aliphatic carbocycles. The molecule has 2 fully saturated rings. The van der Waals surface area contributed by atoms with Gasteiger partial charge in [0.25, 0.3) is 0 Å². The highest BCUT2D eigenvalue weighted by Crippen LogP contribution is 2.35. The first kappa shape index (κ1) is 12.8. The van der Waals surface area contributed by atoms with E-state index < -0.39 is 0 Å². The average Bonchev–Trinajstić information content (AvgIpc) is 2.90. The zero-order chi connectivity index (χ0) is 12.3. The van der Waals surface area contributed by atoms with Crippen molar-refractivity contribution in [3.05, 3.63) is 0 Å². The Bertz CT molecular complexity index is 269. The maximum atomic E-state index is 12.5. The summed E-state index contributed by atoms with van der Waals surface area (Å²) in [5.41, 5.74) is -0.222. The molecule has 17 heavy (non-hydrogen) atoms. The number of carbonyl (C=O) groups is 1. The lowest BCUT2D eigenvalue weighted by atomic mass is 9.97. The molecule has 0 aromatic heterocycles. The number of ether oxygens (including phenoxy) is 1. The molecule has 1 spiro atoms. The largest absolute Gasteiger partial charge is 0.383 e. The summed E-state index contributed by atoms with van der Waals surface area (Å²) in [6.45, 7) is 3.51. The molecule has 4 nitrogen and oxygen atoms in total. The van der Waals surface area contributed by atoms with Crippen LogP contribution in [0.4, 0.5) is 0 Å². The van der Waals surface area contributed by atoms with Crippen LogP contribution in [-0.4, -0.2) is 42.8 Å². The molecule has 98 valence electrons. The highest BCUT2D eigenvalue weighted by atomic mass is 16.5. The number of nitrogens with one attached hydrogen (secondary N) is 1. The van der Waals surface area contributed by atoms with E-state index in [1.165, 1.54) is 12.8 Å². The SMILES string of the molecule is CCCC(COC)N1CNC2(CCCC2)C1=O. The Morgan fingerprint density at radius 3 is 2.76 bits per heavy atom. The molecule has 1 amide bonds. The van der Waals surface area contributed by atoms with E-state index in [-0.39, 0.29) is 11.6 Å². The smallest absolute Gasteiger partial charge is 0.244 e. The summed E-state index contributed by atoms with van der Waals surface area (Å²) in [6.07, 6.45) is 6.48. The van der Waals surface area contributed by atoms with E-state index in [0.717, 1.165) is 25.7 Å². The molecule has 0 radical (unpaired) electrons. The van der Waals surface area contributed by atoms with Crippen molar-refractivity contribution in [2.24, 2.45) is 0 Å². The van der Waals surface area contributed by atoms with Crippen LogP contribution < -0.4 is 5.32 Å². The number of nitrogens with zero attached hydrogens (tertiary/aromatic N) is 1. The predicted octanol–water partition coefficient (Wildman–Crippen LogP) is 1.50. The Morgan fingerprint density at radius 2 is 2.18 bits per heavy atom. The fraction of sp³-hybridized carbons (Fsp3) is 0.923. The molecule has 1 aliphatic heterocycles. The van der Waals surface area contributed by atoms with Crippen LogP contribution in [0.25, 0.3) is 0 Å². The third kappa shape index (κ3) is 2.33. The molecule has 0 bridgehead atoms. The summed E-state index contributed by atoms with van der Waals surface area (Å²) in [6, 6.07) is 0.241. The molecule has 1 saturated carbocycles. The molecule has 1 heterocycles. The van der Waals surface area contributed by atoms with Crippen molar-refractivity contribution in [2.75, 3.05) is 20.4 Å². The van der Waals surface area contributed by atoms with E-state index in [0.29, 0.717) is 19.2 Å². The summed E-state index contributed by atoms with van der Waals surface area (Å²) in [7, 11) is 1.71. The van der Waals surface area contributed by atoms with Crippen LogP contribution in [-0.2, 0) is 9.53 Å². The topological polar surface area (TPSA) is 41.6 Å². The van der Waals surface area contributed by atoms with E-state index in [1.54, 1.807) is 7.11 Å². The van der Waals surface area contributed by atoms with Gasteiger partial charge >= 0.3 is 0 Å². The number of hydrogen-bond acceptors (Lipinski definition) is 3. The maximum absolute atomic E-state index is 12.5. The lowest BCUT2D eigenvalue weighted by Gasteiger charge is -2.28. The van der Waals surface area contributed by atoms with Crippen molar-refractivity contribution in [1.82, 2.24) is 10.2 Å². The number of rotatable bonds is 5. The number of hydrogen-bond donors (Lipinski definition) is 1. The minimum atomic E-state index is -0.222. The first-order chi connectivity index (χ1) is 8.23. The van der Waals surface area contributed by atoms with Crippen molar-refractivity contribution in [1.29, 1.82) is 0 Å². The third-order valence-electron chi connectivity index (χ3n) is 4.14. The zero-order valence-electron chi connectivity index (χ0n) is 11.0. The minimum absolute atomic E-state index is 0.222. The van der Waals surface area contributed by atoms with Crippen LogP contribution in [0.5, 0.6) is 0 Å². The van der Waals surface area contributed by atoms with Gasteiger partial charge in [0.1, 0.15) is 0 Å². The second-order valence-corrected chi connectivity index (χ2v) is 5.30. The molecule has 4 heteroatoms. The van der Waals surface area contributed by atoms with E-state index in [1.807, 2.05) is 4.90 Å². The highest BCUT2D eigenvalue weighted by molar-refractivity contribution is 5.89. The predicted molar refractivity (Wildman–Crippen MR) is 66.6 cm³/mol. The van der Waals surface area contributed by atoms with E-state index >= 15 is 0 Å². The number of amides is 1. The fourth-order valence-electron chi connectivity index (χ4n) is 3.18. The summed E-state index contributed by atoms with van der Waals surface area (Å²) in [4.78, 5) is 14.5. The maximum Gasteiger partial charge on any atom is 0.244 e. The van der Waals surface area contributed by atoms with Crippen molar-refractivity contribution in [2.45, 2.75) is 57.0 Å². The van der Waals surface area contributed by atoms with Crippen LogP contribution in [0.2, 0.25) is 0 Å². The van der Waals surface area contributed by atoms with Crippen LogP contribution in [0.3, 0.4) is 0 Å². The van der Waals surface area contributed by atoms with Gasteiger partial charge in [0.15, 0.2) is 0 Å². The standard InChI is InChI=1S/C13H24N2O2/c1-3-6-11(9-17-2)15-10-14-13(12(15)16)7-4-5-8-13/h11,14H,3-10H2,1-2H3. The molecule has 2 aliphatic rings. The quantitative estimate of drug-likeness (QED) is 0.792. The van der Waals surface area contributed by atoms with Crippen molar-refractivity contribution in [3.63, 3.8) is 0 Å². The molecule has 1 N–H and O–H groups in total. The molecule has 0 aromatic rings. The van der Waals surface area contributed by atoms with Gasteiger partial charge in [0.05, 0.1) is 24.9 Å². The summed E-state index contributed by atoms with van der Waals surface area (Å²) in [5, 5.41) is 3.45. The minimum Gasteiger partial charge on any atom is -0.383 e. The van der Waals surface area contributed by atoms with Crippen LogP contribution in [0, 0.1) is 0 Å². The van der Waals surface area contributed by atoms with E-state index in [4.69, 9.17) is 4.74 Å². The van der Waals surface area contributed by atoms with E-state index in [2.05, 4.69) is 12.2 Å². The zero-order valence-corrected chi connectivity index (χ0v) is 11.0. The second-order valence-electron chi connectivity index (χ2n) is 5.30. The Morgan fingerprint density at radius 1 is 1.47 bits per heavy atom. The number of methoxy groups -OCH3 is 1. The molecular weight excluding hydrogens is 216 g/mol. The Hall–Kier alpha value is -0.610. The van der Waals surface area contributed by atoms with Crippen molar-refractivity contribution in [3.8, 4) is 0 Å². The molecule has 1 saturated heterocycles. The lowest BCUT2D eigenvalue weighted by Crippen LogP contribution is -2.46. The fourth-order valence-corrected chi connectivity index (χ4v) is 3.18. The molecular formula is C13H24N2O2. The van der Waals surface area contributed by atoms with Crippen molar-refractivity contribution < 1.29 is 9.53 Å². The Labute approximate surface area is 104 Å². The first-order valence-electron chi connectivity index (χ1n) is 6.78. The van der Waals surface area contributed by atoms with Gasteiger partial charge < -0.3 is 9.64 Å². The van der Waals surface area contributed by atoms with Crippen LogP contribution in [0.15, 0.2) is 0 Å².